The highest BCUT2D eigenvalue weighted by molar-refractivity contribution is 5.89. The van der Waals surface area contributed by atoms with Crippen LogP contribution >= 0.6 is 0 Å². The van der Waals surface area contributed by atoms with Crippen LogP contribution < -0.4 is 10.9 Å². The van der Waals surface area contributed by atoms with E-state index >= 15 is 0 Å². The molecule has 0 unspecified atom stereocenters. The third-order valence-corrected chi connectivity index (χ3v) is 6.01. The maximum atomic E-state index is 12.6. The number of carbonyl (C=O) groups excluding carboxylic acids is 1. The van der Waals surface area contributed by atoms with E-state index in [1.54, 1.807) is 7.05 Å². The molecule has 3 heterocycles. The Balaban J connectivity index is 1.37. The number of para-hydroxylation sites is 1. The number of amides is 2. The van der Waals surface area contributed by atoms with Crippen molar-refractivity contribution in [2.45, 2.75) is 6.54 Å². The molecule has 1 saturated heterocycles. The van der Waals surface area contributed by atoms with Gasteiger partial charge in [0, 0.05) is 56.2 Å². The molecule has 2 aromatic heterocycles. The first kappa shape index (κ1) is 19.4. The normalized spacial score (nSPS) is 14.9. The van der Waals surface area contributed by atoms with Crippen molar-refractivity contribution in [3.63, 3.8) is 0 Å². The zero-order chi connectivity index (χ0) is 21.4. The number of fused-ring (bicyclic) bond motifs is 2. The largest absolute Gasteiger partial charge is 0.354 e. The molecular weight excluding hydrogens is 390 g/mol. The molecule has 0 spiro atoms. The molecule has 7 nitrogen and oxygen atoms in total. The topological polar surface area (TPSA) is 84.2 Å². The fraction of sp³-hybridized carbons (Fsp3) is 0.250. The average molecular weight is 415 g/mol. The molecule has 7 heteroatoms. The van der Waals surface area contributed by atoms with Crippen molar-refractivity contribution in [1.82, 2.24) is 25.1 Å². The lowest BCUT2D eigenvalue weighted by Crippen LogP contribution is -2.50. The second-order valence-corrected chi connectivity index (χ2v) is 8.02. The number of hydrogen-bond donors (Lipinski definition) is 3. The first-order chi connectivity index (χ1) is 15.1. The number of aromatic amines is 2. The van der Waals surface area contributed by atoms with E-state index in [4.69, 9.17) is 0 Å². The summed E-state index contributed by atoms with van der Waals surface area (Å²) in [5.41, 5.74) is 4.43. The van der Waals surface area contributed by atoms with E-state index in [0.717, 1.165) is 60.2 Å². The lowest BCUT2D eigenvalue weighted by molar-refractivity contribution is 0.136. The van der Waals surface area contributed by atoms with Gasteiger partial charge in [-0.25, -0.2) is 4.79 Å². The molecule has 1 aliphatic rings. The van der Waals surface area contributed by atoms with Crippen LogP contribution in [0.15, 0.2) is 59.4 Å². The molecule has 0 saturated carbocycles. The van der Waals surface area contributed by atoms with Crippen LogP contribution in [0.3, 0.4) is 0 Å². The van der Waals surface area contributed by atoms with Crippen molar-refractivity contribution in [2.24, 2.45) is 0 Å². The number of rotatable bonds is 3. The summed E-state index contributed by atoms with van der Waals surface area (Å²) >= 11 is 0. The van der Waals surface area contributed by atoms with Crippen molar-refractivity contribution in [3.8, 4) is 11.3 Å². The molecule has 158 valence electrons. The fourth-order valence-electron chi connectivity index (χ4n) is 4.29. The van der Waals surface area contributed by atoms with Crippen LogP contribution in [0.25, 0.3) is 33.1 Å². The van der Waals surface area contributed by atoms with Gasteiger partial charge in [0.1, 0.15) is 0 Å². The van der Waals surface area contributed by atoms with E-state index in [1.807, 2.05) is 41.3 Å². The number of urea groups is 1. The Kier molecular flexibility index (Phi) is 4.95. The van der Waals surface area contributed by atoms with E-state index in [9.17, 15) is 9.59 Å². The van der Waals surface area contributed by atoms with Gasteiger partial charge in [-0.3, -0.25) is 9.69 Å². The molecule has 0 aliphatic carbocycles. The van der Waals surface area contributed by atoms with Gasteiger partial charge < -0.3 is 20.2 Å². The zero-order valence-electron chi connectivity index (χ0n) is 17.4. The molecule has 1 fully saturated rings. The van der Waals surface area contributed by atoms with Gasteiger partial charge in [0.25, 0.3) is 5.56 Å². The number of H-pyrrole nitrogens is 2. The number of benzene rings is 2. The molecule has 5 rings (SSSR count). The van der Waals surface area contributed by atoms with Crippen LogP contribution in [0.5, 0.6) is 0 Å². The van der Waals surface area contributed by atoms with Gasteiger partial charge in [-0.15, -0.1) is 0 Å². The summed E-state index contributed by atoms with van der Waals surface area (Å²) in [5, 5.41) is 4.77. The first-order valence-electron chi connectivity index (χ1n) is 10.5. The lowest BCUT2D eigenvalue weighted by atomic mass is 10.1. The predicted molar refractivity (Wildman–Crippen MR) is 123 cm³/mol. The minimum Gasteiger partial charge on any atom is -0.354 e. The number of nitrogens with one attached hydrogen (secondary N) is 3. The predicted octanol–water partition coefficient (Wildman–Crippen LogP) is 3.13. The maximum absolute atomic E-state index is 12.6. The minimum absolute atomic E-state index is 0.0105. The molecule has 4 aromatic rings. The number of carbonyl (C=O) groups is 1. The summed E-state index contributed by atoms with van der Waals surface area (Å²) in [5.74, 6) is 0. The molecule has 2 amide bonds. The number of hydrogen-bond acceptors (Lipinski definition) is 3. The SMILES string of the molecule is CNC(=O)N1CCN(Cc2ccc3cc(-c4cc5ccccc5[nH]c4=O)[nH]c3c2)CC1. The zero-order valence-corrected chi connectivity index (χ0v) is 17.4. The van der Waals surface area contributed by atoms with Gasteiger partial charge in [-0.05, 0) is 35.2 Å². The fourth-order valence-corrected chi connectivity index (χ4v) is 4.29. The molecule has 31 heavy (non-hydrogen) atoms. The first-order valence-corrected chi connectivity index (χ1v) is 10.5. The number of piperazine rings is 1. The van der Waals surface area contributed by atoms with E-state index in [1.165, 1.54) is 5.56 Å². The minimum atomic E-state index is -0.0977. The lowest BCUT2D eigenvalue weighted by Gasteiger charge is -2.34. The second-order valence-electron chi connectivity index (χ2n) is 8.02. The van der Waals surface area contributed by atoms with Gasteiger partial charge in [-0.2, -0.15) is 0 Å². The van der Waals surface area contributed by atoms with Gasteiger partial charge in [0.15, 0.2) is 0 Å². The Bertz CT molecular complexity index is 1310. The third-order valence-electron chi connectivity index (χ3n) is 6.01. The van der Waals surface area contributed by atoms with E-state index in [0.29, 0.717) is 5.56 Å². The summed E-state index contributed by atoms with van der Waals surface area (Å²) in [6.07, 6.45) is 0. The Morgan fingerprint density at radius 2 is 1.71 bits per heavy atom. The summed E-state index contributed by atoms with van der Waals surface area (Å²) in [6.45, 7) is 4.02. The van der Waals surface area contributed by atoms with Crippen LogP contribution in [0.2, 0.25) is 0 Å². The van der Waals surface area contributed by atoms with Crippen molar-refractivity contribution < 1.29 is 4.79 Å². The standard InChI is InChI=1S/C24H25N5O2/c1-25-24(31)29-10-8-28(9-11-29)15-16-6-7-18-14-22(26-21(18)12-16)19-13-17-4-2-3-5-20(17)27-23(19)30/h2-7,12-14,26H,8-11,15H2,1H3,(H,25,31)(H,27,30). The second kappa shape index (κ2) is 7.92. The van der Waals surface area contributed by atoms with Crippen molar-refractivity contribution >= 4 is 27.8 Å². The maximum Gasteiger partial charge on any atom is 0.317 e. The van der Waals surface area contributed by atoms with Gasteiger partial charge in [0.2, 0.25) is 0 Å². The Morgan fingerprint density at radius 3 is 2.52 bits per heavy atom. The van der Waals surface area contributed by atoms with E-state index in [2.05, 4.69) is 38.4 Å². The van der Waals surface area contributed by atoms with Gasteiger partial charge in [0.05, 0.1) is 11.3 Å². The Labute approximate surface area is 179 Å². The highest BCUT2D eigenvalue weighted by Crippen LogP contribution is 2.25. The van der Waals surface area contributed by atoms with Crippen LogP contribution in [-0.4, -0.2) is 59.0 Å². The molecular formula is C24H25N5O2. The third kappa shape index (κ3) is 3.80. The van der Waals surface area contributed by atoms with Crippen LogP contribution in [0, 0.1) is 0 Å². The number of aromatic nitrogens is 2. The van der Waals surface area contributed by atoms with Crippen molar-refractivity contribution in [3.05, 3.63) is 70.5 Å². The number of pyridine rings is 1. The summed E-state index contributed by atoms with van der Waals surface area (Å²) in [4.78, 5) is 35.0. The highest BCUT2D eigenvalue weighted by atomic mass is 16.2. The van der Waals surface area contributed by atoms with Gasteiger partial charge >= 0.3 is 6.03 Å². The average Bonchev–Trinajstić information content (AvgIpc) is 3.21. The molecule has 3 N–H and O–H groups in total. The van der Waals surface area contributed by atoms with Crippen molar-refractivity contribution in [2.75, 3.05) is 33.2 Å². The van der Waals surface area contributed by atoms with Gasteiger partial charge in [-0.1, -0.05) is 30.3 Å². The monoisotopic (exact) mass is 415 g/mol. The Morgan fingerprint density at radius 1 is 0.935 bits per heavy atom. The smallest absolute Gasteiger partial charge is 0.317 e. The van der Waals surface area contributed by atoms with Crippen LogP contribution in [-0.2, 0) is 6.54 Å². The molecule has 0 bridgehead atoms. The molecule has 2 aromatic carbocycles. The molecule has 1 aliphatic heterocycles. The van der Waals surface area contributed by atoms with E-state index < -0.39 is 0 Å². The molecule has 0 atom stereocenters. The quantitative estimate of drug-likeness (QED) is 0.481. The summed E-state index contributed by atoms with van der Waals surface area (Å²) in [7, 11) is 1.67. The van der Waals surface area contributed by atoms with Crippen molar-refractivity contribution in [1.29, 1.82) is 0 Å². The van der Waals surface area contributed by atoms with E-state index in [-0.39, 0.29) is 11.6 Å². The summed E-state index contributed by atoms with van der Waals surface area (Å²) in [6, 6.07) is 18.1. The molecule has 0 radical (unpaired) electrons. The highest BCUT2D eigenvalue weighted by Gasteiger charge is 2.20. The number of nitrogens with zero attached hydrogens (tertiary/aromatic N) is 2. The Hall–Kier alpha value is -3.58. The summed E-state index contributed by atoms with van der Waals surface area (Å²) < 4.78 is 0. The van der Waals surface area contributed by atoms with Crippen LogP contribution in [0.4, 0.5) is 4.79 Å². The van der Waals surface area contributed by atoms with Crippen LogP contribution in [0.1, 0.15) is 5.56 Å².